The summed E-state index contributed by atoms with van der Waals surface area (Å²) in [5, 5.41) is 9.38. The summed E-state index contributed by atoms with van der Waals surface area (Å²) in [6, 6.07) is 25.6. The van der Waals surface area contributed by atoms with E-state index in [0.29, 0.717) is 15.3 Å². The summed E-state index contributed by atoms with van der Waals surface area (Å²) < 4.78 is 9.69. The molecule has 0 aliphatic heterocycles. The molecule has 0 N–H and O–H groups in total. The van der Waals surface area contributed by atoms with Crippen LogP contribution in [0.3, 0.4) is 0 Å². The van der Waals surface area contributed by atoms with Gasteiger partial charge in [0.15, 0.2) is 5.82 Å². The highest BCUT2D eigenvalue weighted by atomic mass is 32.1. The first-order valence-corrected chi connectivity index (χ1v) is 13.2. The van der Waals surface area contributed by atoms with Crippen LogP contribution in [-0.2, 0) is 0 Å². The number of aryl methyl sites for hydroxylation is 1. The van der Waals surface area contributed by atoms with E-state index in [1.54, 1.807) is 0 Å². The zero-order valence-electron chi connectivity index (χ0n) is 21.2. The third-order valence-electron chi connectivity index (χ3n) is 6.07. The van der Waals surface area contributed by atoms with Crippen molar-refractivity contribution in [3.63, 3.8) is 0 Å². The van der Waals surface area contributed by atoms with Gasteiger partial charge in [0.2, 0.25) is 4.96 Å². The topological polar surface area (TPSA) is 74.3 Å². The fourth-order valence-corrected chi connectivity index (χ4v) is 5.20. The number of para-hydroxylation sites is 1. The van der Waals surface area contributed by atoms with E-state index in [1.807, 2.05) is 111 Å². The third kappa shape index (κ3) is 4.50. The van der Waals surface area contributed by atoms with Crippen molar-refractivity contribution in [2.24, 2.45) is 0 Å². The lowest BCUT2D eigenvalue weighted by molar-refractivity contribution is 0.241. The maximum atomic E-state index is 13.3. The molecule has 188 valence electrons. The number of hydrogen-bond acceptors (Lipinski definition) is 6. The molecule has 0 saturated carbocycles. The average molecular weight is 520 g/mol. The maximum Gasteiger partial charge on any atom is 0.291 e. The van der Waals surface area contributed by atoms with Crippen LogP contribution in [0.15, 0.2) is 89.9 Å². The quantitative estimate of drug-likeness (QED) is 0.298. The lowest BCUT2D eigenvalue weighted by atomic mass is 10.0. The van der Waals surface area contributed by atoms with Crippen molar-refractivity contribution < 1.29 is 4.74 Å². The van der Waals surface area contributed by atoms with Crippen molar-refractivity contribution in [1.82, 2.24) is 24.4 Å². The van der Waals surface area contributed by atoms with Gasteiger partial charge in [-0.05, 0) is 62.7 Å². The zero-order chi connectivity index (χ0) is 26.2. The van der Waals surface area contributed by atoms with Gasteiger partial charge in [-0.15, -0.1) is 5.10 Å². The number of benzene rings is 3. The summed E-state index contributed by atoms with van der Waals surface area (Å²) in [6.07, 6.45) is 3.91. The fraction of sp³-hybridized carbons (Fsp3) is 0.133. The van der Waals surface area contributed by atoms with Gasteiger partial charge in [0.1, 0.15) is 11.4 Å². The minimum atomic E-state index is -0.199. The first-order valence-electron chi connectivity index (χ1n) is 12.4. The van der Waals surface area contributed by atoms with Crippen molar-refractivity contribution in [2.75, 3.05) is 0 Å². The second-order valence-electron chi connectivity index (χ2n) is 9.27. The monoisotopic (exact) mass is 519 g/mol. The van der Waals surface area contributed by atoms with E-state index in [-0.39, 0.29) is 11.7 Å². The molecule has 3 heterocycles. The van der Waals surface area contributed by atoms with Gasteiger partial charge < -0.3 is 4.74 Å². The van der Waals surface area contributed by atoms with Crippen LogP contribution in [-0.4, -0.2) is 30.5 Å². The number of thiazole rings is 1. The van der Waals surface area contributed by atoms with Gasteiger partial charge in [-0.1, -0.05) is 59.9 Å². The number of hydrogen-bond donors (Lipinski definition) is 0. The molecule has 7 nitrogen and oxygen atoms in total. The Morgan fingerprint density at radius 2 is 1.66 bits per heavy atom. The van der Waals surface area contributed by atoms with Gasteiger partial charge in [0.25, 0.3) is 5.56 Å². The largest absolute Gasteiger partial charge is 0.491 e. The van der Waals surface area contributed by atoms with Crippen LogP contribution in [0.4, 0.5) is 0 Å². The van der Waals surface area contributed by atoms with E-state index in [0.717, 1.165) is 39.4 Å². The first-order chi connectivity index (χ1) is 18.5. The number of ether oxygens (including phenoxy) is 1. The SMILES string of the molecule is Cc1cc(-c2nn(-c3ccccc3)cc2C=c2sc3nc(-c4ccccc4)nn3c2=O)ccc1OC(C)C. The zero-order valence-corrected chi connectivity index (χ0v) is 22.0. The van der Waals surface area contributed by atoms with Crippen LogP contribution in [0.1, 0.15) is 25.0 Å². The van der Waals surface area contributed by atoms with Gasteiger partial charge in [-0.25, -0.2) is 4.68 Å². The second kappa shape index (κ2) is 9.72. The molecule has 6 aromatic rings. The summed E-state index contributed by atoms with van der Waals surface area (Å²) in [5.74, 6) is 1.38. The van der Waals surface area contributed by atoms with Gasteiger partial charge in [0.05, 0.1) is 16.3 Å². The molecule has 3 aromatic heterocycles. The predicted molar refractivity (Wildman–Crippen MR) is 151 cm³/mol. The van der Waals surface area contributed by atoms with E-state index in [2.05, 4.69) is 16.1 Å². The van der Waals surface area contributed by atoms with Gasteiger partial charge >= 0.3 is 0 Å². The van der Waals surface area contributed by atoms with Crippen LogP contribution in [0.2, 0.25) is 0 Å². The molecule has 8 heteroatoms. The average Bonchev–Trinajstić information content (AvgIpc) is 3.61. The molecule has 0 aliphatic rings. The highest BCUT2D eigenvalue weighted by Gasteiger charge is 2.16. The highest BCUT2D eigenvalue weighted by Crippen LogP contribution is 2.29. The molecule has 0 amide bonds. The van der Waals surface area contributed by atoms with Crippen molar-refractivity contribution in [3.05, 3.63) is 111 Å². The maximum absolute atomic E-state index is 13.3. The third-order valence-corrected chi connectivity index (χ3v) is 7.03. The van der Waals surface area contributed by atoms with Crippen LogP contribution in [0, 0.1) is 6.92 Å². The van der Waals surface area contributed by atoms with Gasteiger partial charge in [-0.3, -0.25) is 4.79 Å². The Bertz CT molecular complexity index is 1850. The molecule has 3 aromatic carbocycles. The molecule has 0 radical (unpaired) electrons. The molecule has 0 atom stereocenters. The Morgan fingerprint density at radius 1 is 0.921 bits per heavy atom. The summed E-state index contributed by atoms with van der Waals surface area (Å²) in [6.45, 7) is 6.05. The fourth-order valence-electron chi connectivity index (χ4n) is 4.30. The standard InChI is InChI=1S/C30H25N5O2S/c1-19(2)37-25-15-14-22(16-20(25)3)27-23(18-34(32-27)24-12-8-5-9-13-24)17-26-29(36)35-30(38-26)31-28(33-35)21-10-6-4-7-11-21/h4-19H,1-3H3. The number of fused-ring (bicyclic) bond motifs is 1. The van der Waals surface area contributed by atoms with Crippen LogP contribution < -0.4 is 14.8 Å². The molecule has 0 saturated heterocycles. The molecule has 0 aliphatic carbocycles. The van der Waals surface area contributed by atoms with E-state index < -0.39 is 0 Å². The summed E-state index contributed by atoms with van der Waals surface area (Å²) in [5.41, 5.74) is 5.18. The Kier molecular flexibility index (Phi) is 6.09. The normalized spacial score (nSPS) is 12.1. The Morgan fingerprint density at radius 3 is 2.34 bits per heavy atom. The molecule has 0 bridgehead atoms. The minimum absolute atomic E-state index is 0.0879. The molecule has 0 unspecified atom stereocenters. The van der Waals surface area contributed by atoms with E-state index >= 15 is 0 Å². The van der Waals surface area contributed by atoms with Gasteiger partial charge in [0, 0.05) is 22.9 Å². The number of aromatic nitrogens is 5. The Balaban J connectivity index is 1.47. The van der Waals surface area contributed by atoms with Crippen molar-refractivity contribution in [3.8, 4) is 34.1 Å². The number of rotatable bonds is 6. The lowest BCUT2D eigenvalue weighted by Gasteiger charge is -2.13. The van der Waals surface area contributed by atoms with E-state index in [9.17, 15) is 4.79 Å². The second-order valence-corrected chi connectivity index (χ2v) is 10.3. The predicted octanol–water partition coefficient (Wildman–Crippen LogP) is 5.31. The van der Waals surface area contributed by atoms with Gasteiger partial charge in [-0.2, -0.15) is 14.6 Å². The van der Waals surface area contributed by atoms with Crippen LogP contribution >= 0.6 is 11.3 Å². The molecule has 0 spiro atoms. The molecular weight excluding hydrogens is 494 g/mol. The first kappa shape index (κ1) is 23.8. The molecular formula is C30H25N5O2S. The van der Waals surface area contributed by atoms with Crippen LogP contribution in [0.5, 0.6) is 5.75 Å². The summed E-state index contributed by atoms with van der Waals surface area (Å²) in [7, 11) is 0. The highest BCUT2D eigenvalue weighted by molar-refractivity contribution is 7.15. The summed E-state index contributed by atoms with van der Waals surface area (Å²) in [4.78, 5) is 18.5. The molecule has 0 fully saturated rings. The molecule has 6 rings (SSSR count). The van der Waals surface area contributed by atoms with E-state index in [1.165, 1.54) is 15.9 Å². The number of nitrogens with zero attached hydrogens (tertiary/aromatic N) is 5. The summed E-state index contributed by atoms with van der Waals surface area (Å²) >= 11 is 1.32. The van der Waals surface area contributed by atoms with E-state index in [4.69, 9.17) is 9.84 Å². The minimum Gasteiger partial charge on any atom is -0.491 e. The van der Waals surface area contributed by atoms with Crippen molar-refractivity contribution in [2.45, 2.75) is 26.9 Å². The van der Waals surface area contributed by atoms with Crippen LogP contribution in [0.25, 0.3) is 39.4 Å². The van der Waals surface area contributed by atoms with Crippen molar-refractivity contribution >= 4 is 22.4 Å². The molecule has 38 heavy (non-hydrogen) atoms. The Hall–Kier alpha value is -4.56. The smallest absolute Gasteiger partial charge is 0.291 e. The van der Waals surface area contributed by atoms with Crippen molar-refractivity contribution in [1.29, 1.82) is 0 Å². The Labute approximate surface area is 223 Å². The lowest BCUT2D eigenvalue weighted by Crippen LogP contribution is -2.23.